The number of unbranched alkanes of at least 4 members (excludes halogenated alkanes) is 1. The molecule has 1 N–H and O–H groups in total. The fourth-order valence-electron chi connectivity index (χ4n) is 2.56. The fraction of sp³-hybridized carbons (Fsp3) is 0.647. The van der Waals surface area contributed by atoms with E-state index in [1.54, 1.807) is 0 Å². The van der Waals surface area contributed by atoms with Crippen molar-refractivity contribution in [3.63, 3.8) is 0 Å². The minimum absolute atomic E-state index is 0.786. The molecule has 1 heterocycles. The van der Waals surface area contributed by atoms with Crippen LogP contribution >= 0.6 is 0 Å². The predicted octanol–water partition coefficient (Wildman–Crippen LogP) is 3.91. The van der Waals surface area contributed by atoms with E-state index in [1.807, 2.05) is 0 Å². The zero-order valence-corrected chi connectivity index (χ0v) is 12.7. The van der Waals surface area contributed by atoms with Crippen molar-refractivity contribution in [2.45, 2.75) is 39.0 Å². The molecule has 20 heavy (non-hydrogen) atoms. The Morgan fingerprint density at radius 3 is 2.50 bits per heavy atom. The van der Waals surface area contributed by atoms with Gasteiger partial charge in [0.2, 0.25) is 0 Å². The van der Waals surface area contributed by atoms with E-state index in [0.717, 1.165) is 26.2 Å². The lowest BCUT2D eigenvalue weighted by Gasteiger charge is -2.28. The molecule has 112 valence electrons. The quantitative estimate of drug-likeness (QED) is 0.729. The monoisotopic (exact) mass is 276 g/mol. The number of ether oxygens (including phenoxy) is 1. The number of nitrogens with zero attached hydrogens (tertiary/aromatic N) is 1. The fourth-order valence-corrected chi connectivity index (χ4v) is 2.56. The van der Waals surface area contributed by atoms with Gasteiger partial charge >= 0.3 is 0 Å². The van der Waals surface area contributed by atoms with Crippen LogP contribution in [-0.2, 0) is 4.74 Å². The number of nitrogens with one attached hydrogen (secondary N) is 1. The maximum Gasteiger partial charge on any atom is 0.0639 e. The highest BCUT2D eigenvalue weighted by Crippen LogP contribution is 2.21. The first-order valence-corrected chi connectivity index (χ1v) is 8.07. The number of benzene rings is 1. The maximum absolute atomic E-state index is 5.54. The molecular formula is C17H28N2O. The van der Waals surface area contributed by atoms with E-state index in [1.165, 1.54) is 50.1 Å². The molecule has 0 aliphatic carbocycles. The Morgan fingerprint density at radius 1 is 1.05 bits per heavy atom. The molecule has 0 radical (unpaired) electrons. The van der Waals surface area contributed by atoms with E-state index in [4.69, 9.17) is 4.74 Å². The van der Waals surface area contributed by atoms with Gasteiger partial charge < -0.3 is 15.0 Å². The number of rotatable bonds is 8. The van der Waals surface area contributed by atoms with E-state index in [2.05, 4.69) is 41.4 Å². The van der Waals surface area contributed by atoms with Crippen LogP contribution in [0.25, 0.3) is 0 Å². The molecule has 0 spiro atoms. The normalized spacial score (nSPS) is 15.3. The van der Waals surface area contributed by atoms with Crippen LogP contribution in [0.1, 0.15) is 39.0 Å². The molecule has 3 nitrogen and oxygen atoms in total. The van der Waals surface area contributed by atoms with Gasteiger partial charge in [-0.05, 0) is 49.9 Å². The molecule has 2 rings (SSSR count). The molecule has 0 bridgehead atoms. The minimum atomic E-state index is 0.786. The third kappa shape index (κ3) is 5.04. The smallest absolute Gasteiger partial charge is 0.0639 e. The average molecular weight is 276 g/mol. The van der Waals surface area contributed by atoms with Crippen molar-refractivity contribution in [3.05, 3.63) is 24.3 Å². The van der Waals surface area contributed by atoms with Crippen LogP contribution < -0.4 is 10.2 Å². The second kappa shape index (κ2) is 8.85. The van der Waals surface area contributed by atoms with Gasteiger partial charge in [-0.15, -0.1) is 0 Å². The lowest BCUT2D eigenvalue weighted by atomic mass is 10.1. The second-order valence-electron chi connectivity index (χ2n) is 5.49. The van der Waals surface area contributed by atoms with Gasteiger partial charge in [0.25, 0.3) is 0 Å². The van der Waals surface area contributed by atoms with Crippen molar-refractivity contribution >= 4 is 11.4 Å². The van der Waals surface area contributed by atoms with E-state index in [9.17, 15) is 0 Å². The summed E-state index contributed by atoms with van der Waals surface area (Å²) in [4.78, 5) is 2.49. The molecule has 1 fully saturated rings. The molecule has 1 saturated heterocycles. The topological polar surface area (TPSA) is 24.5 Å². The number of hydrogen-bond acceptors (Lipinski definition) is 3. The molecule has 0 saturated carbocycles. The van der Waals surface area contributed by atoms with Gasteiger partial charge in [-0.3, -0.25) is 0 Å². The third-order valence-electron chi connectivity index (χ3n) is 3.81. The largest absolute Gasteiger partial charge is 0.383 e. The van der Waals surface area contributed by atoms with Crippen LogP contribution in [0, 0.1) is 0 Å². The van der Waals surface area contributed by atoms with E-state index in [0.29, 0.717) is 0 Å². The summed E-state index contributed by atoms with van der Waals surface area (Å²) < 4.78 is 5.54. The first kappa shape index (κ1) is 15.2. The SMILES string of the molecule is CCCCOCCNc1ccc(N2CCCCC2)cc1. The summed E-state index contributed by atoms with van der Waals surface area (Å²) in [5.74, 6) is 0. The molecule has 0 atom stereocenters. The van der Waals surface area contributed by atoms with E-state index < -0.39 is 0 Å². The van der Waals surface area contributed by atoms with Crippen molar-refractivity contribution in [3.8, 4) is 0 Å². The Balaban J connectivity index is 1.68. The molecule has 1 aromatic carbocycles. The summed E-state index contributed by atoms with van der Waals surface area (Å²) >= 11 is 0. The van der Waals surface area contributed by atoms with Crippen LogP contribution in [0.3, 0.4) is 0 Å². The summed E-state index contributed by atoms with van der Waals surface area (Å²) in [5.41, 5.74) is 2.54. The molecule has 3 heteroatoms. The Bertz CT molecular complexity index is 358. The van der Waals surface area contributed by atoms with Crippen LogP contribution in [0.4, 0.5) is 11.4 Å². The van der Waals surface area contributed by atoms with E-state index >= 15 is 0 Å². The van der Waals surface area contributed by atoms with Crippen molar-refractivity contribution in [1.29, 1.82) is 0 Å². The van der Waals surface area contributed by atoms with Crippen LogP contribution in [0.5, 0.6) is 0 Å². The molecular weight excluding hydrogens is 248 g/mol. The van der Waals surface area contributed by atoms with Gasteiger partial charge in [0.1, 0.15) is 0 Å². The van der Waals surface area contributed by atoms with Crippen molar-refractivity contribution in [2.24, 2.45) is 0 Å². The second-order valence-corrected chi connectivity index (χ2v) is 5.49. The number of hydrogen-bond donors (Lipinski definition) is 1. The Hall–Kier alpha value is -1.22. The van der Waals surface area contributed by atoms with Crippen molar-refractivity contribution < 1.29 is 4.74 Å². The third-order valence-corrected chi connectivity index (χ3v) is 3.81. The molecule has 1 aliphatic heterocycles. The summed E-state index contributed by atoms with van der Waals surface area (Å²) in [5, 5.41) is 3.41. The van der Waals surface area contributed by atoms with Crippen LogP contribution in [0.2, 0.25) is 0 Å². The maximum atomic E-state index is 5.54. The Morgan fingerprint density at radius 2 is 1.80 bits per heavy atom. The van der Waals surface area contributed by atoms with Gasteiger partial charge in [0.15, 0.2) is 0 Å². The first-order valence-electron chi connectivity index (χ1n) is 8.07. The van der Waals surface area contributed by atoms with Gasteiger partial charge in [-0.2, -0.15) is 0 Å². The number of anilines is 2. The van der Waals surface area contributed by atoms with Crippen molar-refractivity contribution in [1.82, 2.24) is 0 Å². The highest BCUT2D eigenvalue weighted by atomic mass is 16.5. The van der Waals surface area contributed by atoms with Gasteiger partial charge in [0.05, 0.1) is 6.61 Å². The van der Waals surface area contributed by atoms with Gasteiger partial charge in [0, 0.05) is 37.6 Å². The van der Waals surface area contributed by atoms with Crippen LogP contribution in [0.15, 0.2) is 24.3 Å². The van der Waals surface area contributed by atoms with Gasteiger partial charge in [-0.1, -0.05) is 13.3 Å². The zero-order chi connectivity index (χ0) is 14.0. The summed E-state index contributed by atoms with van der Waals surface area (Å²) in [7, 11) is 0. The molecule has 0 aromatic heterocycles. The average Bonchev–Trinajstić information content (AvgIpc) is 2.52. The zero-order valence-electron chi connectivity index (χ0n) is 12.7. The summed E-state index contributed by atoms with van der Waals surface area (Å²) in [6.07, 6.45) is 6.40. The first-order chi connectivity index (χ1) is 9.90. The molecule has 1 aromatic rings. The highest BCUT2D eigenvalue weighted by Gasteiger charge is 2.10. The predicted molar refractivity (Wildman–Crippen MR) is 86.7 cm³/mol. The minimum Gasteiger partial charge on any atom is -0.383 e. The number of piperidine rings is 1. The van der Waals surface area contributed by atoms with Crippen LogP contribution in [-0.4, -0.2) is 32.8 Å². The molecule has 1 aliphatic rings. The Kier molecular flexibility index (Phi) is 6.72. The van der Waals surface area contributed by atoms with Crippen molar-refractivity contribution in [2.75, 3.05) is 43.1 Å². The molecule has 0 unspecified atom stereocenters. The van der Waals surface area contributed by atoms with E-state index in [-0.39, 0.29) is 0 Å². The molecule has 0 amide bonds. The Labute approximate surface area is 123 Å². The lowest BCUT2D eigenvalue weighted by molar-refractivity contribution is 0.141. The highest BCUT2D eigenvalue weighted by molar-refractivity contribution is 5.55. The van der Waals surface area contributed by atoms with Gasteiger partial charge in [-0.25, -0.2) is 0 Å². The standard InChI is InChI=1S/C17H28N2O/c1-2-3-14-20-15-11-18-16-7-9-17(10-8-16)19-12-5-4-6-13-19/h7-10,18H,2-6,11-15H2,1H3. The lowest BCUT2D eigenvalue weighted by Crippen LogP contribution is -2.29. The summed E-state index contributed by atoms with van der Waals surface area (Å²) in [6.45, 7) is 7.15. The summed E-state index contributed by atoms with van der Waals surface area (Å²) in [6, 6.07) is 8.81.